The minimum absolute atomic E-state index is 0.347. The van der Waals surface area contributed by atoms with Gasteiger partial charge in [-0.15, -0.1) is 0 Å². The smallest absolute Gasteiger partial charge is 0.343 e. The van der Waals surface area contributed by atoms with Gasteiger partial charge in [-0.25, -0.2) is 4.79 Å². The Morgan fingerprint density at radius 3 is 2.59 bits per heavy atom. The molecule has 0 bridgehead atoms. The van der Waals surface area contributed by atoms with Gasteiger partial charge in [-0.05, 0) is 48.4 Å². The van der Waals surface area contributed by atoms with Crippen LogP contribution >= 0.6 is 0 Å². The maximum Gasteiger partial charge on any atom is 0.343 e. The van der Waals surface area contributed by atoms with Crippen LogP contribution in [0.3, 0.4) is 0 Å². The second kappa shape index (κ2) is 6.76. The maximum absolute atomic E-state index is 12.5. The lowest BCUT2D eigenvalue weighted by Crippen LogP contribution is -1.98. The SMILES string of the molecule is COc1ccc2ccccc2c1/C=C1\C=C(c2ccc(C)cc2C)OC1=O. The van der Waals surface area contributed by atoms with Gasteiger partial charge in [0.05, 0.1) is 12.7 Å². The lowest BCUT2D eigenvalue weighted by molar-refractivity contribution is -0.130. The van der Waals surface area contributed by atoms with Gasteiger partial charge in [0.1, 0.15) is 11.5 Å². The summed E-state index contributed by atoms with van der Waals surface area (Å²) in [5.41, 5.74) is 4.58. The normalized spacial score (nSPS) is 15.1. The molecule has 1 aliphatic rings. The molecule has 4 rings (SSSR count). The van der Waals surface area contributed by atoms with Crippen LogP contribution in [0.2, 0.25) is 0 Å². The summed E-state index contributed by atoms with van der Waals surface area (Å²) in [5.74, 6) is 0.963. The summed E-state index contributed by atoms with van der Waals surface area (Å²) in [5, 5.41) is 2.13. The number of benzene rings is 3. The fraction of sp³-hybridized carbons (Fsp3) is 0.125. The van der Waals surface area contributed by atoms with E-state index in [1.54, 1.807) is 13.2 Å². The van der Waals surface area contributed by atoms with Gasteiger partial charge in [-0.1, -0.05) is 54.1 Å². The molecule has 3 heteroatoms. The Labute approximate surface area is 158 Å². The number of hydrogen-bond donors (Lipinski definition) is 0. The zero-order valence-corrected chi connectivity index (χ0v) is 15.6. The van der Waals surface area contributed by atoms with Crippen LogP contribution in [0.4, 0.5) is 0 Å². The Morgan fingerprint density at radius 1 is 1.00 bits per heavy atom. The van der Waals surface area contributed by atoms with Crippen molar-refractivity contribution < 1.29 is 14.3 Å². The number of fused-ring (bicyclic) bond motifs is 1. The van der Waals surface area contributed by atoms with Gasteiger partial charge in [0.2, 0.25) is 0 Å². The van der Waals surface area contributed by atoms with Crippen LogP contribution in [-0.4, -0.2) is 13.1 Å². The number of ether oxygens (including phenoxy) is 2. The highest BCUT2D eigenvalue weighted by atomic mass is 16.5. The molecule has 3 aromatic carbocycles. The number of methoxy groups -OCH3 is 1. The standard InChI is InChI=1S/C24H20O3/c1-15-8-10-19(16(2)12-15)23-14-18(24(25)27-23)13-21-20-7-5-4-6-17(20)9-11-22(21)26-3/h4-14H,1-3H3/b18-13+. The minimum Gasteiger partial charge on any atom is -0.496 e. The maximum atomic E-state index is 12.5. The predicted octanol–water partition coefficient (Wildman–Crippen LogP) is 5.45. The van der Waals surface area contributed by atoms with E-state index in [1.165, 1.54) is 5.56 Å². The Balaban J connectivity index is 1.84. The van der Waals surface area contributed by atoms with Crippen LogP contribution in [0, 0.1) is 13.8 Å². The highest BCUT2D eigenvalue weighted by Gasteiger charge is 2.23. The second-order valence-corrected chi connectivity index (χ2v) is 6.72. The third kappa shape index (κ3) is 3.13. The molecule has 0 spiro atoms. The molecule has 0 radical (unpaired) electrons. The zero-order chi connectivity index (χ0) is 19.0. The average Bonchev–Trinajstić information content (AvgIpc) is 3.02. The first kappa shape index (κ1) is 17.1. The van der Waals surface area contributed by atoms with Crippen LogP contribution in [0.25, 0.3) is 22.6 Å². The molecule has 0 saturated carbocycles. The molecule has 3 aromatic rings. The summed E-state index contributed by atoms with van der Waals surface area (Å²) in [4.78, 5) is 12.5. The predicted molar refractivity (Wildman–Crippen MR) is 108 cm³/mol. The van der Waals surface area contributed by atoms with Gasteiger partial charge in [-0.3, -0.25) is 0 Å². The molecule has 0 aromatic heterocycles. The number of cyclic esters (lactones) is 1. The van der Waals surface area contributed by atoms with E-state index in [2.05, 4.69) is 6.07 Å². The molecule has 3 nitrogen and oxygen atoms in total. The van der Waals surface area contributed by atoms with E-state index >= 15 is 0 Å². The molecular formula is C24H20O3. The molecule has 0 N–H and O–H groups in total. The van der Waals surface area contributed by atoms with Crippen molar-refractivity contribution in [3.8, 4) is 5.75 Å². The summed E-state index contributed by atoms with van der Waals surface area (Å²) in [6.07, 6.45) is 3.65. The van der Waals surface area contributed by atoms with Gasteiger partial charge in [0, 0.05) is 11.1 Å². The van der Waals surface area contributed by atoms with Crippen molar-refractivity contribution in [3.63, 3.8) is 0 Å². The summed E-state index contributed by atoms with van der Waals surface area (Å²) in [6.45, 7) is 4.07. The van der Waals surface area contributed by atoms with E-state index in [4.69, 9.17) is 9.47 Å². The Kier molecular flexibility index (Phi) is 4.28. The highest BCUT2D eigenvalue weighted by molar-refractivity contribution is 6.07. The van der Waals surface area contributed by atoms with Gasteiger partial charge < -0.3 is 9.47 Å². The topological polar surface area (TPSA) is 35.5 Å². The first-order chi connectivity index (χ1) is 13.1. The molecule has 1 heterocycles. The largest absolute Gasteiger partial charge is 0.496 e. The molecule has 0 fully saturated rings. The second-order valence-electron chi connectivity index (χ2n) is 6.72. The zero-order valence-electron chi connectivity index (χ0n) is 15.6. The van der Waals surface area contributed by atoms with E-state index in [-0.39, 0.29) is 5.97 Å². The number of rotatable bonds is 3. The first-order valence-electron chi connectivity index (χ1n) is 8.86. The van der Waals surface area contributed by atoms with Crippen LogP contribution in [0.15, 0.2) is 66.2 Å². The van der Waals surface area contributed by atoms with Gasteiger partial charge in [0.25, 0.3) is 0 Å². The molecular weight excluding hydrogens is 336 g/mol. The molecule has 0 aliphatic carbocycles. The van der Waals surface area contributed by atoms with E-state index in [0.717, 1.165) is 33.2 Å². The number of carbonyl (C=O) groups is 1. The summed E-state index contributed by atoms with van der Waals surface area (Å²) >= 11 is 0. The molecule has 0 unspecified atom stereocenters. The summed E-state index contributed by atoms with van der Waals surface area (Å²) in [7, 11) is 1.63. The molecule has 1 aliphatic heterocycles. The van der Waals surface area contributed by atoms with Crippen LogP contribution < -0.4 is 4.74 Å². The van der Waals surface area contributed by atoms with Crippen molar-refractivity contribution in [1.82, 2.24) is 0 Å². The van der Waals surface area contributed by atoms with Crippen LogP contribution in [-0.2, 0) is 9.53 Å². The summed E-state index contributed by atoms with van der Waals surface area (Å²) < 4.78 is 11.1. The number of aryl methyl sites for hydroxylation is 2. The van der Waals surface area contributed by atoms with E-state index in [9.17, 15) is 4.79 Å². The quantitative estimate of drug-likeness (QED) is 0.463. The van der Waals surface area contributed by atoms with Crippen LogP contribution in [0.1, 0.15) is 22.3 Å². The van der Waals surface area contributed by atoms with Crippen molar-refractivity contribution in [2.75, 3.05) is 7.11 Å². The average molecular weight is 356 g/mol. The number of esters is 1. The molecule has 0 amide bonds. The van der Waals surface area contributed by atoms with Gasteiger partial charge >= 0.3 is 5.97 Å². The summed E-state index contributed by atoms with van der Waals surface area (Å²) in [6, 6.07) is 18.1. The van der Waals surface area contributed by atoms with Crippen molar-refractivity contribution in [2.45, 2.75) is 13.8 Å². The van der Waals surface area contributed by atoms with E-state index in [0.29, 0.717) is 11.3 Å². The van der Waals surface area contributed by atoms with Crippen molar-refractivity contribution >= 4 is 28.6 Å². The minimum atomic E-state index is -0.347. The molecule has 134 valence electrons. The lowest BCUT2D eigenvalue weighted by Gasteiger charge is -2.09. The van der Waals surface area contributed by atoms with E-state index in [1.807, 2.05) is 68.5 Å². The first-order valence-corrected chi connectivity index (χ1v) is 8.86. The molecule has 0 atom stereocenters. The Hall–Kier alpha value is -3.33. The number of carbonyl (C=O) groups excluding carboxylic acids is 1. The van der Waals surface area contributed by atoms with E-state index < -0.39 is 0 Å². The third-order valence-corrected chi connectivity index (χ3v) is 4.82. The van der Waals surface area contributed by atoms with Gasteiger partial charge in [0.15, 0.2) is 0 Å². The Bertz CT molecular complexity index is 1120. The highest BCUT2D eigenvalue weighted by Crippen LogP contribution is 2.34. The molecule has 0 saturated heterocycles. The van der Waals surface area contributed by atoms with Crippen molar-refractivity contribution in [3.05, 3.63) is 88.5 Å². The Morgan fingerprint density at radius 2 is 1.81 bits per heavy atom. The van der Waals surface area contributed by atoms with Crippen molar-refractivity contribution in [2.24, 2.45) is 0 Å². The van der Waals surface area contributed by atoms with Crippen molar-refractivity contribution in [1.29, 1.82) is 0 Å². The molecule has 27 heavy (non-hydrogen) atoms. The third-order valence-electron chi connectivity index (χ3n) is 4.82. The monoisotopic (exact) mass is 356 g/mol. The van der Waals surface area contributed by atoms with Gasteiger partial charge in [-0.2, -0.15) is 0 Å². The lowest BCUT2D eigenvalue weighted by atomic mass is 10.0. The fourth-order valence-corrected chi connectivity index (χ4v) is 3.47. The van der Waals surface area contributed by atoms with Crippen LogP contribution in [0.5, 0.6) is 5.75 Å². The fourth-order valence-electron chi connectivity index (χ4n) is 3.47. The number of hydrogen-bond acceptors (Lipinski definition) is 3.